The molecule has 8 aromatic rings. The van der Waals surface area contributed by atoms with Crippen molar-refractivity contribution >= 4 is 76.5 Å². The zero-order chi connectivity index (χ0) is 44.9. The van der Waals surface area contributed by atoms with Crippen molar-refractivity contribution in [3.63, 3.8) is 0 Å². The van der Waals surface area contributed by atoms with E-state index in [-0.39, 0.29) is 9.79 Å². The molecular weight excluding hydrogens is 883 g/mol. The van der Waals surface area contributed by atoms with Crippen LogP contribution in [0.15, 0.2) is 228 Å². The molecule has 0 N–H and O–H groups in total. The Kier molecular flexibility index (Phi) is 12.5. The topological polar surface area (TPSA) is 86.7 Å². The second kappa shape index (κ2) is 18.2. The molecule has 0 amide bonds. The first-order valence-corrected chi connectivity index (χ1v) is 29.9. The Morgan fingerprint density at radius 3 is 0.800 bits per heavy atom. The van der Waals surface area contributed by atoms with Gasteiger partial charge < -0.3 is 0 Å². The Hall–Kier alpha value is -5.30. The first-order chi connectivity index (χ1) is 31.6. The van der Waals surface area contributed by atoms with E-state index in [2.05, 4.69) is 0 Å². The van der Waals surface area contributed by atoms with E-state index in [9.17, 15) is 0 Å². The van der Waals surface area contributed by atoms with Crippen molar-refractivity contribution in [1.82, 2.24) is 0 Å². The molecule has 8 aromatic carbocycles. The van der Waals surface area contributed by atoms with E-state index in [4.69, 9.17) is 7.94 Å². The second-order valence-electron chi connectivity index (χ2n) is 17.1. The molecule has 0 saturated carbocycles. The molecular formula is C55H54O6P2S2. The van der Waals surface area contributed by atoms with Crippen LogP contribution in [-0.2, 0) is 28.2 Å². The van der Waals surface area contributed by atoms with Gasteiger partial charge in [0.05, 0.1) is 0 Å². The summed E-state index contributed by atoms with van der Waals surface area (Å²) < 4.78 is 76.3. The quantitative estimate of drug-likeness (QED) is 0.154. The van der Waals surface area contributed by atoms with Gasteiger partial charge in [-0.15, -0.1) is 0 Å². The van der Waals surface area contributed by atoms with Crippen LogP contribution in [0.2, 0.25) is 0 Å². The minimum atomic E-state index is -4.57. The van der Waals surface area contributed by atoms with E-state index in [0.717, 1.165) is 76.8 Å². The third-order valence-electron chi connectivity index (χ3n) is 13.4. The summed E-state index contributed by atoms with van der Waals surface area (Å²) in [5, 5.41) is 6.04. The molecule has 1 aliphatic rings. The van der Waals surface area contributed by atoms with Crippen LogP contribution >= 0.6 is 13.7 Å². The number of benzene rings is 8. The average molecular weight is 937 g/mol. The first kappa shape index (κ1) is 44.9. The van der Waals surface area contributed by atoms with Gasteiger partial charge in [-0.1, -0.05) is 0 Å². The molecule has 0 aromatic heterocycles. The normalized spacial score (nSPS) is 20.5. The van der Waals surface area contributed by atoms with Crippen molar-refractivity contribution in [2.24, 2.45) is 0 Å². The molecule has 1 heterocycles. The van der Waals surface area contributed by atoms with E-state index in [1.54, 1.807) is 36.4 Å². The molecule has 65 heavy (non-hydrogen) atoms. The van der Waals surface area contributed by atoms with Crippen LogP contribution in [0.25, 0.3) is 10.8 Å². The first-order valence-electron chi connectivity index (χ1n) is 22.4. The molecule has 3 bridgehead atoms. The summed E-state index contributed by atoms with van der Waals surface area (Å²) in [7, 11) is -9.13. The Morgan fingerprint density at radius 2 is 0.538 bits per heavy atom. The van der Waals surface area contributed by atoms with Crippen molar-refractivity contribution in [1.29, 1.82) is 0 Å². The second-order valence-corrected chi connectivity index (χ2v) is 29.9. The van der Waals surface area contributed by atoms with Crippen LogP contribution in [0.3, 0.4) is 0 Å². The maximum atomic E-state index is 15.5. The van der Waals surface area contributed by atoms with Gasteiger partial charge in [0.1, 0.15) is 0 Å². The van der Waals surface area contributed by atoms with Crippen molar-refractivity contribution < 1.29 is 24.8 Å². The van der Waals surface area contributed by atoms with Gasteiger partial charge in [-0.25, -0.2) is 0 Å². The fourth-order valence-electron chi connectivity index (χ4n) is 10.2. The third-order valence-corrected chi connectivity index (χ3v) is 29.9. The molecule has 1 aliphatic heterocycles. The van der Waals surface area contributed by atoms with Crippen LogP contribution in [0.1, 0.15) is 44.9 Å². The molecule has 0 radical (unpaired) electrons. The van der Waals surface area contributed by atoms with Gasteiger partial charge >= 0.3 is 387 Å². The Bertz CT molecular complexity index is 2710. The summed E-state index contributed by atoms with van der Waals surface area (Å²) >= 11 is 0. The molecule has 6 nitrogen and oxygen atoms in total. The summed E-state index contributed by atoms with van der Waals surface area (Å²) in [5.41, 5.74) is 0. The Labute approximate surface area is 384 Å². The zero-order valence-corrected chi connectivity index (χ0v) is 39.7. The number of hydrogen-bond acceptors (Lipinski definition) is 6. The summed E-state index contributed by atoms with van der Waals surface area (Å²) in [6, 6.07) is 68.9. The SMILES string of the molecule is O=S1(=O)OP(c2ccccc2)(c2ccccc2)(c2ccccc2)CCCCCCCCCP(c2ccccc2)(c2ccccc2)(c2ccccc2)OS(=O)(=O)c2ccc3ccc1cc3c2. The molecule has 0 unspecified atom stereocenters. The number of hydrogen-bond donors (Lipinski definition) is 0. The van der Waals surface area contributed by atoms with Gasteiger partial charge in [0.2, 0.25) is 0 Å². The van der Waals surface area contributed by atoms with Crippen molar-refractivity contribution in [3.8, 4) is 0 Å². The minimum absolute atomic E-state index is 0.0656. The maximum absolute atomic E-state index is 15.5. The van der Waals surface area contributed by atoms with Gasteiger partial charge in [-0.2, -0.15) is 0 Å². The van der Waals surface area contributed by atoms with E-state index in [1.165, 1.54) is 0 Å². The monoisotopic (exact) mass is 936 g/mol. The third kappa shape index (κ3) is 7.89. The van der Waals surface area contributed by atoms with Gasteiger partial charge in [0.15, 0.2) is 0 Å². The molecule has 0 atom stereocenters. The van der Waals surface area contributed by atoms with Crippen LogP contribution in [-0.4, -0.2) is 29.2 Å². The molecule has 332 valence electrons. The van der Waals surface area contributed by atoms with Crippen LogP contribution in [0.4, 0.5) is 0 Å². The van der Waals surface area contributed by atoms with Crippen molar-refractivity contribution in [2.45, 2.75) is 54.7 Å². The number of fused-ring (bicyclic) bond motifs is 2. The van der Waals surface area contributed by atoms with Crippen LogP contribution in [0.5, 0.6) is 0 Å². The van der Waals surface area contributed by atoms with Crippen molar-refractivity contribution in [3.05, 3.63) is 218 Å². The fourth-order valence-corrected chi connectivity index (χ4v) is 27.8. The van der Waals surface area contributed by atoms with Crippen molar-refractivity contribution in [2.75, 3.05) is 12.3 Å². The molecule has 0 aliphatic carbocycles. The predicted molar refractivity (Wildman–Crippen MR) is 273 cm³/mol. The zero-order valence-electron chi connectivity index (χ0n) is 36.3. The summed E-state index contributed by atoms with van der Waals surface area (Å²) in [6.45, 7) is -8.67. The number of rotatable bonds is 6. The van der Waals surface area contributed by atoms with E-state index >= 15 is 16.8 Å². The molecule has 0 saturated heterocycles. The summed E-state index contributed by atoms with van der Waals surface area (Å²) in [6.07, 6.45) is 6.96. The Morgan fingerprint density at radius 1 is 0.292 bits per heavy atom. The summed E-state index contributed by atoms with van der Waals surface area (Å²) in [4.78, 5) is -0.131. The van der Waals surface area contributed by atoms with Crippen LogP contribution in [0, 0.1) is 0 Å². The summed E-state index contributed by atoms with van der Waals surface area (Å²) in [5.74, 6) is 0. The van der Waals surface area contributed by atoms with E-state index < -0.39 is 33.9 Å². The molecule has 9 rings (SSSR count). The van der Waals surface area contributed by atoms with E-state index in [1.807, 2.05) is 182 Å². The van der Waals surface area contributed by atoms with E-state index in [0.29, 0.717) is 23.1 Å². The van der Waals surface area contributed by atoms with Gasteiger partial charge in [0.25, 0.3) is 0 Å². The van der Waals surface area contributed by atoms with Gasteiger partial charge in [0, 0.05) is 0 Å². The fraction of sp³-hybridized carbons (Fsp3) is 0.164. The van der Waals surface area contributed by atoms with Crippen LogP contribution < -0.4 is 31.8 Å². The molecule has 0 spiro atoms. The average Bonchev–Trinajstić information content (AvgIpc) is 3.36. The molecule has 10 heteroatoms. The standard InChI is InChI=1S/C55H54O6P2S2/c56-64(57)54-40-38-46-39-41-55(45-47(46)44-54)65(58,59)61-63(51-32-18-9-19-33-51,52-34-20-10-21-35-52,53-36-22-11-23-37-53)43-25-5-3-1-2-4-24-42-62(60-64,48-26-12-6-13-27-48,49-28-14-7-15-29-49)50-30-16-8-17-31-50/h6-23,26-41,44-45H,1-5,24-25,42-43H2. The Balaban J connectivity index is 1.28. The van der Waals surface area contributed by atoms with Gasteiger partial charge in [-0.05, 0) is 0 Å². The molecule has 0 fully saturated rings. The predicted octanol–water partition coefficient (Wildman–Crippen LogP) is 10.9. The van der Waals surface area contributed by atoms with Gasteiger partial charge in [-0.3, -0.25) is 0 Å².